The van der Waals surface area contributed by atoms with Crippen LogP contribution in [0.3, 0.4) is 0 Å². The Morgan fingerprint density at radius 2 is 2.60 bits per heavy atom. The molecule has 0 radical (unpaired) electrons. The van der Waals surface area contributed by atoms with E-state index in [1.165, 1.54) is 0 Å². The van der Waals surface area contributed by atoms with Gasteiger partial charge in [-0.2, -0.15) is 0 Å². The Kier molecular flexibility index (Phi) is 3.06. The summed E-state index contributed by atoms with van der Waals surface area (Å²) in [4.78, 5) is 2.70. The van der Waals surface area contributed by atoms with E-state index in [4.69, 9.17) is 10.3 Å². The molecule has 56 valence electrons. The van der Waals surface area contributed by atoms with Gasteiger partial charge in [-0.15, -0.1) is 0 Å². The molecule has 0 aromatic carbocycles. The fourth-order valence-corrected chi connectivity index (χ4v) is 1.10. The summed E-state index contributed by atoms with van der Waals surface area (Å²) < 4.78 is 5.20. The number of nitrogens with zero attached hydrogens (tertiary/aromatic N) is 3. The molecule has 0 bridgehead atoms. The van der Waals surface area contributed by atoms with Crippen molar-refractivity contribution in [2.24, 2.45) is 11.0 Å². The third-order valence-corrected chi connectivity index (χ3v) is 1.66. The van der Waals surface area contributed by atoms with Crippen molar-refractivity contribution in [1.82, 2.24) is 0 Å². The lowest BCUT2D eigenvalue weighted by Crippen LogP contribution is -2.19. The van der Waals surface area contributed by atoms with Crippen LogP contribution >= 0.6 is 0 Å². The van der Waals surface area contributed by atoms with Crippen LogP contribution in [0.4, 0.5) is 0 Å². The first-order valence-electron chi connectivity index (χ1n) is 3.52. The maximum absolute atomic E-state index is 8.01. The zero-order valence-corrected chi connectivity index (χ0v) is 5.86. The first kappa shape index (κ1) is 7.38. The van der Waals surface area contributed by atoms with Gasteiger partial charge in [0, 0.05) is 24.7 Å². The van der Waals surface area contributed by atoms with E-state index in [-0.39, 0.29) is 0 Å². The van der Waals surface area contributed by atoms with Gasteiger partial charge in [-0.25, -0.2) is 0 Å². The van der Waals surface area contributed by atoms with Crippen LogP contribution in [0.1, 0.15) is 12.8 Å². The summed E-state index contributed by atoms with van der Waals surface area (Å²) in [5.41, 5.74) is 8.01. The SMILES string of the molecule is [N-]=[N+]=NCC1CCCOC1. The molecule has 4 nitrogen and oxygen atoms in total. The van der Waals surface area contributed by atoms with Crippen LogP contribution in [0, 0.1) is 5.92 Å². The van der Waals surface area contributed by atoms with Crippen LogP contribution in [0.2, 0.25) is 0 Å². The van der Waals surface area contributed by atoms with Gasteiger partial charge in [-0.1, -0.05) is 5.11 Å². The second-order valence-corrected chi connectivity index (χ2v) is 2.50. The molecular weight excluding hydrogens is 130 g/mol. The standard InChI is InChI=1S/C6H11N3O/c7-9-8-4-6-2-1-3-10-5-6/h6H,1-5H2. The van der Waals surface area contributed by atoms with E-state index in [1.54, 1.807) is 0 Å². The van der Waals surface area contributed by atoms with Gasteiger partial charge in [0.15, 0.2) is 0 Å². The Morgan fingerprint density at radius 1 is 1.70 bits per heavy atom. The summed E-state index contributed by atoms with van der Waals surface area (Å²) in [5.74, 6) is 0.463. The van der Waals surface area contributed by atoms with Gasteiger partial charge >= 0.3 is 0 Å². The fraction of sp³-hybridized carbons (Fsp3) is 1.00. The topological polar surface area (TPSA) is 58.0 Å². The third-order valence-electron chi connectivity index (χ3n) is 1.66. The maximum Gasteiger partial charge on any atom is 0.0495 e. The average molecular weight is 141 g/mol. The molecule has 0 spiro atoms. The molecule has 0 aromatic heterocycles. The van der Waals surface area contributed by atoms with E-state index >= 15 is 0 Å². The quantitative estimate of drug-likeness (QED) is 0.328. The van der Waals surface area contributed by atoms with Crippen LogP contribution in [0.15, 0.2) is 5.11 Å². The molecule has 0 aromatic rings. The number of azide groups is 1. The molecule has 1 saturated heterocycles. The monoisotopic (exact) mass is 141 g/mol. The third kappa shape index (κ3) is 2.25. The minimum Gasteiger partial charge on any atom is -0.381 e. The molecule has 0 amide bonds. The van der Waals surface area contributed by atoms with Crippen molar-refractivity contribution < 1.29 is 4.74 Å². The lowest BCUT2D eigenvalue weighted by Gasteiger charge is -2.19. The van der Waals surface area contributed by atoms with Crippen molar-refractivity contribution >= 4 is 0 Å². The summed E-state index contributed by atoms with van der Waals surface area (Å²) in [7, 11) is 0. The number of ether oxygens (including phenoxy) is 1. The number of hydrogen-bond acceptors (Lipinski definition) is 2. The van der Waals surface area contributed by atoms with Crippen molar-refractivity contribution in [3.05, 3.63) is 10.4 Å². The second kappa shape index (κ2) is 4.14. The van der Waals surface area contributed by atoms with Crippen molar-refractivity contribution in [2.45, 2.75) is 12.8 Å². The van der Waals surface area contributed by atoms with Gasteiger partial charge in [-0.3, -0.25) is 0 Å². The first-order chi connectivity index (χ1) is 4.93. The lowest BCUT2D eigenvalue weighted by atomic mass is 10.0. The highest BCUT2D eigenvalue weighted by atomic mass is 16.5. The molecule has 1 fully saturated rings. The van der Waals surface area contributed by atoms with E-state index < -0.39 is 0 Å². The van der Waals surface area contributed by atoms with Gasteiger partial charge < -0.3 is 4.74 Å². The van der Waals surface area contributed by atoms with Crippen molar-refractivity contribution in [3.63, 3.8) is 0 Å². The second-order valence-electron chi connectivity index (χ2n) is 2.50. The lowest BCUT2D eigenvalue weighted by molar-refractivity contribution is 0.0581. The predicted molar refractivity (Wildman–Crippen MR) is 37.6 cm³/mol. The Labute approximate surface area is 59.8 Å². The molecule has 1 aliphatic heterocycles. The summed E-state index contributed by atoms with van der Waals surface area (Å²) >= 11 is 0. The number of rotatable bonds is 2. The Hall–Kier alpha value is -0.730. The smallest absolute Gasteiger partial charge is 0.0495 e. The minimum atomic E-state index is 0.463. The van der Waals surface area contributed by atoms with Gasteiger partial charge in [0.1, 0.15) is 0 Å². The van der Waals surface area contributed by atoms with Crippen LogP contribution in [-0.2, 0) is 4.74 Å². The molecule has 0 saturated carbocycles. The van der Waals surface area contributed by atoms with Crippen LogP contribution in [0.25, 0.3) is 10.4 Å². The Balaban J connectivity index is 2.19. The van der Waals surface area contributed by atoms with E-state index in [9.17, 15) is 0 Å². The minimum absolute atomic E-state index is 0.463. The zero-order chi connectivity index (χ0) is 7.23. The van der Waals surface area contributed by atoms with E-state index in [0.29, 0.717) is 12.5 Å². The van der Waals surface area contributed by atoms with E-state index in [0.717, 1.165) is 26.1 Å². The Bertz CT molecular complexity index is 136. The molecule has 0 N–H and O–H groups in total. The van der Waals surface area contributed by atoms with Crippen molar-refractivity contribution in [1.29, 1.82) is 0 Å². The van der Waals surface area contributed by atoms with Crippen LogP contribution in [-0.4, -0.2) is 19.8 Å². The van der Waals surface area contributed by atoms with E-state index in [1.807, 2.05) is 0 Å². The Morgan fingerprint density at radius 3 is 3.20 bits per heavy atom. The summed E-state index contributed by atoms with van der Waals surface area (Å²) in [6.07, 6.45) is 2.24. The molecule has 10 heavy (non-hydrogen) atoms. The summed E-state index contributed by atoms with van der Waals surface area (Å²) in [5, 5.41) is 3.50. The van der Waals surface area contributed by atoms with Crippen LogP contribution < -0.4 is 0 Å². The van der Waals surface area contributed by atoms with Crippen LogP contribution in [0.5, 0.6) is 0 Å². The van der Waals surface area contributed by atoms with Gasteiger partial charge in [0.2, 0.25) is 0 Å². The van der Waals surface area contributed by atoms with Crippen molar-refractivity contribution in [3.8, 4) is 0 Å². The number of hydrogen-bond donors (Lipinski definition) is 0. The van der Waals surface area contributed by atoms with Gasteiger partial charge in [-0.05, 0) is 24.3 Å². The molecular formula is C6H11N3O. The zero-order valence-electron chi connectivity index (χ0n) is 5.86. The highest BCUT2D eigenvalue weighted by Gasteiger charge is 2.11. The summed E-state index contributed by atoms with van der Waals surface area (Å²) in [6.45, 7) is 2.22. The molecule has 1 atom stereocenters. The highest BCUT2D eigenvalue weighted by Crippen LogP contribution is 2.13. The molecule has 1 heterocycles. The average Bonchev–Trinajstić information content (AvgIpc) is 2.03. The largest absolute Gasteiger partial charge is 0.381 e. The summed E-state index contributed by atoms with van der Waals surface area (Å²) in [6, 6.07) is 0. The van der Waals surface area contributed by atoms with E-state index in [2.05, 4.69) is 10.0 Å². The molecule has 4 heteroatoms. The highest BCUT2D eigenvalue weighted by molar-refractivity contribution is 4.65. The van der Waals surface area contributed by atoms with Crippen molar-refractivity contribution in [2.75, 3.05) is 19.8 Å². The first-order valence-corrected chi connectivity index (χ1v) is 3.52. The van der Waals surface area contributed by atoms with Gasteiger partial charge in [0.05, 0.1) is 0 Å². The molecule has 1 rings (SSSR count). The predicted octanol–water partition coefficient (Wildman–Crippen LogP) is 1.72. The molecule has 1 aliphatic rings. The molecule has 1 unspecified atom stereocenters. The maximum atomic E-state index is 8.01. The molecule has 0 aliphatic carbocycles. The normalized spacial score (nSPS) is 25.4. The fourth-order valence-electron chi connectivity index (χ4n) is 1.10. The van der Waals surface area contributed by atoms with Gasteiger partial charge in [0.25, 0.3) is 0 Å².